The van der Waals surface area contributed by atoms with Crippen LogP contribution < -0.4 is 0 Å². The predicted molar refractivity (Wildman–Crippen MR) is 32.3 cm³/mol. The van der Waals surface area contributed by atoms with Crippen LogP contribution in [0.1, 0.15) is 12.8 Å². The van der Waals surface area contributed by atoms with E-state index in [9.17, 15) is 4.79 Å². The van der Waals surface area contributed by atoms with Gasteiger partial charge >= 0.3 is 0 Å². The van der Waals surface area contributed by atoms with Gasteiger partial charge in [-0.3, -0.25) is 4.79 Å². The second-order valence-electron chi connectivity index (χ2n) is 2.17. The van der Waals surface area contributed by atoms with Crippen LogP contribution in [0.15, 0.2) is 0 Å². The second kappa shape index (κ2) is 2.35. The van der Waals surface area contributed by atoms with Gasteiger partial charge in [-0.15, -0.1) is 0 Å². The Balaban J connectivity index is 2.49. The van der Waals surface area contributed by atoms with E-state index in [2.05, 4.69) is 6.92 Å². The van der Waals surface area contributed by atoms with E-state index < -0.39 is 6.23 Å². The minimum Gasteiger partial charge on any atom is -0.374 e. The van der Waals surface area contributed by atoms with E-state index in [4.69, 9.17) is 5.11 Å². The highest BCUT2D eigenvalue weighted by molar-refractivity contribution is 5.78. The van der Waals surface area contributed by atoms with E-state index in [1.165, 1.54) is 4.90 Å². The van der Waals surface area contributed by atoms with E-state index in [0.717, 1.165) is 6.42 Å². The monoisotopic (exact) mass is 128 g/mol. The molecule has 1 rings (SSSR count). The average Bonchev–Trinajstić information content (AvgIpc) is 2.13. The molecule has 1 atom stereocenters. The Labute approximate surface area is 54.3 Å². The third-order valence-electron chi connectivity index (χ3n) is 1.47. The van der Waals surface area contributed by atoms with Crippen molar-refractivity contribution in [3.63, 3.8) is 0 Å². The Morgan fingerprint density at radius 2 is 2.44 bits per heavy atom. The van der Waals surface area contributed by atoms with Crippen LogP contribution in [0.2, 0.25) is 0 Å². The summed E-state index contributed by atoms with van der Waals surface area (Å²) in [6.45, 7) is 3.99. The molecule has 3 heteroatoms. The minimum atomic E-state index is -0.847. The molecule has 3 nitrogen and oxygen atoms in total. The summed E-state index contributed by atoms with van der Waals surface area (Å²) in [7, 11) is 0. The lowest BCUT2D eigenvalue weighted by Crippen LogP contribution is -2.33. The number of hydrogen-bond acceptors (Lipinski definition) is 2. The van der Waals surface area contributed by atoms with E-state index in [-0.39, 0.29) is 5.91 Å². The van der Waals surface area contributed by atoms with Gasteiger partial charge in [0, 0.05) is 13.0 Å². The SMILES string of the molecule is [CH2]C(O)N1CCCC1=O. The summed E-state index contributed by atoms with van der Waals surface area (Å²) >= 11 is 0. The summed E-state index contributed by atoms with van der Waals surface area (Å²) in [5, 5.41) is 8.82. The molecule has 0 aromatic heterocycles. The van der Waals surface area contributed by atoms with Crippen LogP contribution in [0.25, 0.3) is 0 Å². The van der Waals surface area contributed by atoms with Crippen molar-refractivity contribution in [1.82, 2.24) is 4.90 Å². The maximum Gasteiger partial charge on any atom is 0.224 e. The normalized spacial score (nSPS) is 22.9. The standard InChI is InChI=1S/C6H10NO2/c1-5(8)7-4-2-3-6(7)9/h5,8H,1-4H2. The van der Waals surface area contributed by atoms with Gasteiger partial charge in [-0.05, 0) is 13.3 Å². The number of aliphatic hydroxyl groups excluding tert-OH is 1. The lowest BCUT2D eigenvalue weighted by molar-refractivity contribution is -0.133. The van der Waals surface area contributed by atoms with Gasteiger partial charge in [-0.1, -0.05) is 0 Å². The van der Waals surface area contributed by atoms with Gasteiger partial charge in [0.15, 0.2) is 0 Å². The zero-order valence-corrected chi connectivity index (χ0v) is 5.21. The molecule has 0 aliphatic carbocycles. The van der Waals surface area contributed by atoms with Crippen molar-refractivity contribution in [2.75, 3.05) is 6.54 Å². The maximum atomic E-state index is 10.7. The van der Waals surface area contributed by atoms with E-state index >= 15 is 0 Å². The van der Waals surface area contributed by atoms with E-state index in [0.29, 0.717) is 13.0 Å². The minimum absolute atomic E-state index is 0.0116. The molecule has 1 N–H and O–H groups in total. The summed E-state index contributed by atoms with van der Waals surface area (Å²) in [5.74, 6) is 0.0116. The highest BCUT2D eigenvalue weighted by atomic mass is 16.3. The molecule has 51 valence electrons. The summed E-state index contributed by atoms with van der Waals surface area (Å²) in [4.78, 5) is 12.1. The van der Waals surface area contributed by atoms with Gasteiger partial charge in [-0.25, -0.2) is 0 Å². The fourth-order valence-corrected chi connectivity index (χ4v) is 0.984. The summed E-state index contributed by atoms with van der Waals surface area (Å²) in [6.07, 6.45) is 0.567. The first-order chi connectivity index (χ1) is 4.22. The number of carbonyl (C=O) groups is 1. The second-order valence-corrected chi connectivity index (χ2v) is 2.17. The quantitative estimate of drug-likeness (QED) is 0.529. The predicted octanol–water partition coefficient (Wildman–Crippen LogP) is -0.239. The number of amides is 1. The van der Waals surface area contributed by atoms with Crippen molar-refractivity contribution in [3.05, 3.63) is 6.92 Å². The topological polar surface area (TPSA) is 40.5 Å². The maximum absolute atomic E-state index is 10.7. The highest BCUT2D eigenvalue weighted by Gasteiger charge is 2.22. The molecule has 0 aromatic carbocycles. The molecule has 0 saturated carbocycles. The molecule has 1 aliphatic rings. The Morgan fingerprint density at radius 1 is 1.78 bits per heavy atom. The Hall–Kier alpha value is -0.570. The van der Waals surface area contributed by atoms with Gasteiger partial charge in [-0.2, -0.15) is 0 Å². The van der Waals surface area contributed by atoms with Crippen molar-refractivity contribution in [3.8, 4) is 0 Å². The molecular weight excluding hydrogens is 118 g/mol. The largest absolute Gasteiger partial charge is 0.374 e. The summed E-state index contributed by atoms with van der Waals surface area (Å²) in [6, 6.07) is 0. The molecule has 9 heavy (non-hydrogen) atoms. The average molecular weight is 128 g/mol. The molecule has 0 aromatic rings. The number of aliphatic hydroxyl groups is 1. The van der Waals surface area contributed by atoms with Crippen LogP contribution in [-0.4, -0.2) is 28.7 Å². The molecule has 1 amide bonds. The van der Waals surface area contributed by atoms with Crippen LogP contribution in [0.4, 0.5) is 0 Å². The summed E-state index contributed by atoms with van der Waals surface area (Å²) < 4.78 is 0. The van der Waals surface area contributed by atoms with Crippen LogP contribution in [0.3, 0.4) is 0 Å². The fourth-order valence-electron chi connectivity index (χ4n) is 0.984. The fraction of sp³-hybridized carbons (Fsp3) is 0.667. The third kappa shape index (κ3) is 1.21. The van der Waals surface area contributed by atoms with Gasteiger partial charge in [0.25, 0.3) is 0 Å². The van der Waals surface area contributed by atoms with Gasteiger partial charge in [0.1, 0.15) is 6.23 Å². The van der Waals surface area contributed by atoms with Gasteiger partial charge in [0.2, 0.25) is 5.91 Å². The van der Waals surface area contributed by atoms with Crippen LogP contribution in [0, 0.1) is 6.92 Å². The lowest BCUT2D eigenvalue weighted by atomic mass is 10.4. The van der Waals surface area contributed by atoms with Crippen LogP contribution >= 0.6 is 0 Å². The first-order valence-electron chi connectivity index (χ1n) is 3.02. The molecule has 1 heterocycles. The smallest absolute Gasteiger partial charge is 0.224 e. The number of likely N-dealkylation sites (tertiary alicyclic amines) is 1. The van der Waals surface area contributed by atoms with Gasteiger partial charge in [0.05, 0.1) is 0 Å². The highest BCUT2D eigenvalue weighted by Crippen LogP contribution is 2.10. The lowest BCUT2D eigenvalue weighted by Gasteiger charge is -2.17. The molecule has 1 fully saturated rings. The Kier molecular flexibility index (Phi) is 1.71. The molecule has 1 aliphatic heterocycles. The molecule has 1 unspecified atom stereocenters. The van der Waals surface area contributed by atoms with Crippen molar-refractivity contribution >= 4 is 5.91 Å². The van der Waals surface area contributed by atoms with Crippen molar-refractivity contribution in [2.45, 2.75) is 19.1 Å². The molecule has 1 radical (unpaired) electrons. The third-order valence-corrected chi connectivity index (χ3v) is 1.47. The number of rotatable bonds is 1. The Bertz CT molecular complexity index is 122. The molecular formula is C6H10NO2. The van der Waals surface area contributed by atoms with Crippen LogP contribution in [0.5, 0.6) is 0 Å². The molecule has 0 bridgehead atoms. The zero-order valence-electron chi connectivity index (χ0n) is 5.21. The van der Waals surface area contributed by atoms with Gasteiger partial charge < -0.3 is 10.0 Å². The first-order valence-corrected chi connectivity index (χ1v) is 3.02. The van der Waals surface area contributed by atoms with Crippen LogP contribution in [-0.2, 0) is 4.79 Å². The van der Waals surface area contributed by atoms with Crippen molar-refractivity contribution < 1.29 is 9.90 Å². The number of hydrogen-bond donors (Lipinski definition) is 1. The molecule has 0 spiro atoms. The van der Waals surface area contributed by atoms with Crippen molar-refractivity contribution in [2.24, 2.45) is 0 Å². The zero-order chi connectivity index (χ0) is 6.85. The first kappa shape index (κ1) is 6.55. The van der Waals surface area contributed by atoms with E-state index in [1.54, 1.807) is 0 Å². The van der Waals surface area contributed by atoms with E-state index in [1.807, 2.05) is 0 Å². The van der Waals surface area contributed by atoms with Crippen molar-refractivity contribution in [1.29, 1.82) is 0 Å². The molecule has 1 saturated heterocycles. The Morgan fingerprint density at radius 3 is 2.67 bits per heavy atom. The number of nitrogens with zero attached hydrogens (tertiary/aromatic N) is 1. The number of carbonyl (C=O) groups excluding carboxylic acids is 1. The summed E-state index contributed by atoms with van der Waals surface area (Å²) in [5.41, 5.74) is 0.